The molecule has 0 spiro atoms. The molecule has 1 aromatic carbocycles. The van der Waals surface area contributed by atoms with E-state index in [1.54, 1.807) is 10.9 Å². The maximum Gasteiger partial charge on any atom is 0.276 e. The Morgan fingerprint density at radius 3 is 3.00 bits per heavy atom. The van der Waals surface area contributed by atoms with Crippen LogP contribution < -0.4 is 5.73 Å². The van der Waals surface area contributed by atoms with E-state index >= 15 is 0 Å². The van der Waals surface area contributed by atoms with Crippen molar-refractivity contribution in [3.8, 4) is 5.69 Å². The van der Waals surface area contributed by atoms with Crippen molar-refractivity contribution in [1.82, 2.24) is 19.9 Å². The molecule has 2 atom stereocenters. The number of hydrogen-bond donors (Lipinski definition) is 1. The predicted octanol–water partition coefficient (Wildman–Crippen LogP) is 1.78. The van der Waals surface area contributed by atoms with Gasteiger partial charge in [0.15, 0.2) is 5.69 Å². The molecule has 6 heteroatoms. The van der Waals surface area contributed by atoms with E-state index in [2.05, 4.69) is 17.2 Å². The first-order valence-corrected chi connectivity index (χ1v) is 8.10. The molecule has 2 unspecified atom stereocenters. The highest BCUT2D eigenvalue weighted by Gasteiger charge is 2.32. The van der Waals surface area contributed by atoms with E-state index in [1.807, 2.05) is 36.1 Å². The summed E-state index contributed by atoms with van der Waals surface area (Å²) in [5.74, 6) is 0.343. The zero-order valence-corrected chi connectivity index (χ0v) is 13.6. The van der Waals surface area contributed by atoms with E-state index in [1.165, 1.54) is 0 Å². The molecule has 0 bridgehead atoms. The van der Waals surface area contributed by atoms with Crippen molar-refractivity contribution in [2.75, 3.05) is 13.1 Å². The molecule has 6 nitrogen and oxygen atoms in total. The van der Waals surface area contributed by atoms with Gasteiger partial charge in [0.2, 0.25) is 0 Å². The molecular formula is C17H23N5O. The molecule has 0 saturated carbocycles. The van der Waals surface area contributed by atoms with Gasteiger partial charge in [0, 0.05) is 19.1 Å². The van der Waals surface area contributed by atoms with Gasteiger partial charge >= 0.3 is 0 Å². The van der Waals surface area contributed by atoms with E-state index in [0.29, 0.717) is 18.2 Å². The molecule has 2 heterocycles. The number of likely N-dealkylation sites (tertiary alicyclic amines) is 1. The maximum absolute atomic E-state index is 12.8. The molecule has 122 valence electrons. The summed E-state index contributed by atoms with van der Waals surface area (Å²) in [5.41, 5.74) is 8.29. The first-order chi connectivity index (χ1) is 11.1. The normalized spacial score (nSPS) is 21.4. The molecule has 1 saturated heterocycles. The van der Waals surface area contributed by atoms with Crippen molar-refractivity contribution in [3.05, 3.63) is 41.7 Å². The first-order valence-electron chi connectivity index (χ1n) is 8.10. The van der Waals surface area contributed by atoms with Crippen LogP contribution in [0.15, 0.2) is 30.5 Å². The monoisotopic (exact) mass is 313 g/mol. The van der Waals surface area contributed by atoms with Crippen LogP contribution in [0, 0.1) is 12.8 Å². The zero-order valence-electron chi connectivity index (χ0n) is 13.6. The predicted molar refractivity (Wildman–Crippen MR) is 88.4 cm³/mol. The minimum atomic E-state index is -0.0779. The Balaban J connectivity index is 1.83. The molecule has 1 fully saturated rings. The number of nitrogens with zero attached hydrogens (tertiary/aromatic N) is 4. The Morgan fingerprint density at radius 1 is 1.43 bits per heavy atom. The summed E-state index contributed by atoms with van der Waals surface area (Å²) >= 11 is 0. The van der Waals surface area contributed by atoms with Gasteiger partial charge in [-0.15, -0.1) is 5.10 Å². The van der Waals surface area contributed by atoms with Crippen LogP contribution in [0.4, 0.5) is 0 Å². The number of amides is 1. The van der Waals surface area contributed by atoms with Gasteiger partial charge in [-0.2, -0.15) is 0 Å². The Labute approximate surface area is 136 Å². The highest BCUT2D eigenvalue weighted by Crippen LogP contribution is 2.24. The highest BCUT2D eigenvalue weighted by atomic mass is 16.2. The number of benzene rings is 1. The average molecular weight is 313 g/mol. The Kier molecular flexibility index (Phi) is 4.43. The van der Waals surface area contributed by atoms with Gasteiger partial charge in [-0.05, 0) is 43.4 Å². The van der Waals surface area contributed by atoms with E-state index in [-0.39, 0.29) is 11.9 Å². The van der Waals surface area contributed by atoms with Crippen molar-refractivity contribution in [3.63, 3.8) is 0 Å². The minimum Gasteiger partial charge on any atom is -0.333 e. The summed E-state index contributed by atoms with van der Waals surface area (Å²) in [6.45, 7) is 5.40. The van der Waals surface area contributed by atoms with Crippen LogP contribution in [0.3, 0.4) is 0 Å². The number of aryl methyl sites for hydroxylation is 1. The van der Waals surface area contributed by atoms with Crippen LogP contribution in [-0.4, -0.2) is 44.9 Å². The van der Waals surface area contributed by atoms with Crippen LogP contribution in [0.5, 0.6) is 0 Å². The third-order valence-corrected chi connectivity index (χ3v) is 4.60. The van der Waals surface area contributed by atoms with E-state index in [0.717, 1.165) is 30.6 Å². The van der Waals surface area contributed by atoms with Crippen molar-refractivity contribution < 1.29 is 4.79 Å². The van der Waals surface area contributed by atoms with Crippen molar-refractivity contribution in [1.29, 1.82) is 0 Å². The van der Waals surface area contributed by atoms with Gasteiger partial charge in [0.1, 0.15) is 0 Å². The second-order valence-electron chi connectivity index (χ2n) is 6.31. The van der Waals surface area contributed by atoms with Crippen LogP contribution in [0.1, 0.15) is 35.8 Å². The fourth-order valence-electron chi connectivity index (χ4n) is 3.27. The molecule has 2 aromatic rings. The summed E-state index contributed by atoms with van der Waals surface area (Å²) in [6, 6.07) is 8.02. The maximum atomic E-state index is 12.8. The lowest BCUT2D eigenvalue weighted by Gasteiger charge is -2.39. The number of piperidine rings is 1. The second kappa shape index (κ2) is 6.50. The first kappa shape index (κ1) is 15.7. The molecule has 2 N–H and O–H groups in total. The lowest BCUT2D eigenvalue weighted by molar-refractivity contribution is 0.0526. The van der Waals surface area contributed by atoms with E-state index < -0.39 is 0 Å². The third-order valence-electron chi connectivity index (χ3n) is 4.60. The summed E-state index contributed by atoms with van der Waals surface area (Å²) < 4.78 is 1.64. The molecule has 3 rings (SSSR count). The second-order valence-corrected chi connectivity index (χ2v) is 6.31. The van der Waals surface area contributed by atoms with Crippen molar-refractivity contribution in [2.45, 2.75) is 32.7 Å². The fraction of sp³-hybridized carbons (Fsp3) is 0.471. The third kappa shape index (κ3) is 3.12. The molecule has 1 amide bonds. The van der Waals surface area contributed by atoms with Crippen LogP contribution >= 0.6 is 0 Å². The fourth-order valence-corrected chi connectivity index (χ4v) is 3.27. The Morgan fingerprint density at radius 2 is 2.26 bits per heavy atom. The largest absolute Gasteiger partial charge is 0.333 e. The number of rotatable bonds is 3. The van der Waals surface area contributed by atoms with Crippen molar-refractivity contribution >= 4 is 5.91 Å². The summed E-state index contributed by atoms with van der Waals surface area (Å²) in [5, 5.41) is 8.17. The van der Waals surface area contributed by atoms with Gasteiger partial charge in [0.25, 0.3) is 5.91 Å². The molecule has 0 radical (unpaired) electrons. The van der Waals surface area contributed by atoms with Gasteiger partial charge in [0.05, 0.1) is 11.9 Å². The molecule has 1 aromatic heterocycles. The highest BCUT2D eigenvalue weighted by molar-refractivity contribution is 5.92. The summed E-state index contributed by atoms with van der Waals surface area (Å²) in [4.78, 5) is 14.6. The van der Waals surface area contributed by atoms with Crippen LogP contribution in [-0.2, 0) is 0 Å². The number of carbonyl (C=O) groups is 1. The van der Waals surface area contributed by atoms with E-state index in [9.17, 15) is 4.79 Å². The standard InChI is InChI=1S/C17H23N5O/c1-12-5-3-7-14(9-12)22-11-15(19-20-22)17(23)21-8-4-6-13(2)16(21)10-18/h3,5,7,9,11,13,16H,4,6,8,10,18H2,1-2H3. The molecule has 1 aliphatic rings. The average Bonchev–Trinajstić information content (AvgIpc) is 3.04. The summed E-state index contributed by atoms with van der Waals surface area (Å²) in [6.07, 6.45) is 3.82. The number of hydrogen-bond acceptors (Lipinski definition) is 4. The molecular weight excluding hydrogens is 290 g/mol. The van der Waals surface area contributed by atoms with E-state index in [4.69, 9.17) is 5.73 Å². The zero-order chi connectivity index (χ0) is 16.4. The van der Waals surface area contributed by atoms with Gasteiger partial charge in [-0.1, -0.05) is 24.3 Å². The lowest BCUT2D eigenvalue weighted by Crippen LogP contribution is -2.51. The Bertz CT molecular complexity index is 696. The number of carbonyl (C=O) groups excluding carboxylic acids is 1. The van der Waals surface area contributed by atoms with Gasteiger partial charge in [-0.3, -0.25) is 4.79 Å². The van der Waals surface area contributed by atoms with Crippen LogP contribution in [0.2, 0.25) is 0 Å². The minimum absolute atomic E-state index is 0.0779. The molecule has 1 aliphatic heterocycles. The number of aromatic nitrogens is 3. The van der Waals surface area contributed by atoms with Crippen LogP contribution in [0.25, 0.3) is 5.69 Å². The SMILES string of the molecule is Cc1cccc(-n2cc(C(=O)N3CCCC(C)C3CN)nn2)c1. The topological polar surface area (TPSA) is 77.0 Å². The lowest BCUT2D eigenvalue weighted by atomic mass is 9.90. The smallest absolute Gasteiger partial charge is 0.276 e. The molecule has 23 heavy (non-hydrogen) atoms. The quantitative estimate of drug-likeness (QED) is 0.937. The molecule has 0 aliphatic carbocycles. The van der Waals surface area contributed by atoms with Crippen molar-refractivity contribution in [2.24, 2.45) is 11.7 Å². The summed E-state index contributed by atoms with van der Waals surface area (Å²) in [7, 11) is 0. The Hall–Kier alpha value is -2.21. The number of nitrogens with two attached hydrogens (primary N) is 1. The van der Waals surface area contributed by atoms with Gasteiger partial charge in [-0.25, -0.2) is 4.68 Å². The van der Waals surface area contributed by atoms with Gasteiger partial charge < -0.3 is 10.6 Å².